The predicted molar refractivity (Wildman–Crippen MR) is 93.9 cm³/mol. The molecule has 0 aromatic heterocycles. The van der Waals surface area contributed by atoms with E-state index in [4.69, 9.17) is 4.74 Å². The quantitative estimate of drug-likeness (QED) is 0.814. The third-order valence-corrected chi connectivity index (χ3v) is 4.66. The van der Waals surface area contributed by atoms with E-state index >= 15 is 0 Å². The number of halogens is 1. The summed E-state index contributed by atoms with van der Waals surface area (Å²) in [5, 5.41) is 2.66. The van der Waals surface area contributed by atoms with Crippen LogP contribution >= 0.6 is 0 Å². The minimum Gasteiger partial charge on any atom is -0.496 e. The first kappa shape index (κ1) is 18.7. The number of amides is 1. The second kappa shape index (κ2) is 7.98. The second-order valence-corrected chi connectivity index (χ2v) is 7.17. The third kappa shape index (κ3) is 4.93. The Bertz CT molecular complexity index is 838. The molecule has 6 nitrogen and oxygen atoms in total. The summed E-state index contributed by atoms with van der Waals surface area (Å²) in [5.41, 5.74) is 0.688. The number of para-hydroxylation sites is 1. The second-order valence-electron chi connectivity index (χ2n) is 5.27. The van der Waals surface area contributed by atoms with Crippen molar-refractivity contribution in [3.05, 3.63) is 59.9 Å². The van der Waals surface area contributed by atoms with Gasteiger partial charge in [-0.3, -0.25) is 9.10 Å². The number of sulfonamides is 1. The lowest BCUT2D eigenvalue weighted by Gasteiger charge is -2.22. The maximum absolute atomic E-state index is 13.0. The fraction of sp³-hybridized carbons (Fsp3) is 0.235. The van der Waals surface area contributed by atoms with Gasteiger partial charge >= 0.3 is 0 Å². The molecule has 0 atom stereocenters. The van der Waals surface area contributed by atoms with Crippen LogP contribution in [0.2, 0.25) is 0 Å². The SMILES string of the molecule is COc1ccccc1C(=O)NCCN(c1ccc(F)cc1)S(C)(=O)=O. The van der Waals surface area contributed by atoms with E-state index in [2.05, 4.69) is 5.32 Å². The topological polar surface area (TPSA) is 75.7 Å². The van der Waals surface area contributed by atoms with E-state index in [1.807, 2.05) is 0 Å². The molecule has 0 spiro atoms. The molecule has 25 heavy (non-hydrogen) atoms. The summed E-state index contributed by atoms with van der Waals surface area (Å²) in [6.45, 7) is 0.104. The van der Waals surface area contributed by atoms with Crippen molar-refractivity contribution < 1.29 is 22.3 Å². The van der Waals surface area contributed by atoms with Crippen molar-refractivity contribution in [3.63, 3.8) is 0 Å². The molecule has 1 amide bonds. The first-order valence-corrected chi connectivity index (χ1v) is 9.32. The van der Waals surface area contributed by atoms with Gasteiger partial charge in [0.05, 0.1) is 31.2 Å². The number of rotatable bonds is 7. The van der Waals surface area contributed by atoms with Gasteiger partial charge in [0.1, 0.15) is 11.6 Å². The van der Waals surface area contributed by atoms with Crippen molar-refractivity contribution in [2.24, 2.45) is 0 Å². The highest BCUT2D eigenvalue weighted by Crippen LogP contribution is 2.18. The van der Waals surface area contributed by atoms with Crippen LogP contribution in [0.4, 0.5) is 10.1 Å². The number of carbonyl (C=O) groups excluding carboxylic acids is 1. The van der Waals surface area contributed by atoms with Crippen molar-refractivity contribution in [3.8, 4) is 5.75 Å². The first-order chi connectivity index (χ1) is 11.8. The van der Waals surface area contributed by atoms with Gasteiger partial charge in [-0.15, -0.1) is 0 Å². The van der Waals surface area contributed by atoms with Crippen molar-refractivity contribution in [1.82, 2.24) is 5.32 Å². The molecule has 8 heteroatoms. The summed E-state index contributed by atoms with van der Waals surface area (Å²) in [7, 11) is -2.11. The van der Waals surface area contributed by atoms with Crippen LogP contribution in [0.1, 0.15) is 10.4 Å². The molecule has 0 fully saturated rings. The maximum atomic E-state index is 13.0. The Balaban J connectivity index is 2.06. The zero-order valence-corrected chi connectivity index (χ0v) is 14.7. The Hall–Kier alpha value is -2.61. The molecule has 1 N–H and O–H groups in total. The molecule has 2 rings (SSSR count). The van der Waals surface area contributed by atoms with Crippen LogP contribution in [0.25, 0.3) is 0 Å². The van der Waals surface area contributed by atoms with Crippen LogP contribution in [0, 0.1) is 5.82 Å². The summed E-state index contributed by atoms with van der Waals surface area (Å²) in [4.78, 5) is 12.2. The normalized spacial score (nSPS) is 11.0. The Labute approximate surface area is 146 Å². The van der Waals surface area contributed by atoms with Gasteiger partial charge in [0, 0.05) is 6.54 Å². The highest BCUT2D eigenvalue weighted by molar-refractivity contribution is 7.92. The molecule has 0 aliphatic heterocycles. The molecule has 0 saturated heterocycles. The Morgan fingerprint density at radius 1 is 1.16 bits per heavy atom. The minimum atomic E-state index is -3.57. The highest BCUT2D eigenvalue weighted by atomic mass is 32.2. The van der Waals surface area contributed by atoms with E-state index < -0.39 is 15.8 Å². The summed E-state index contributed by atoms with van der Waals surface area (Å²) in [6, 6.07) is 11.8. The van der Waals surface area contributed by atoms with Crippen LogP contribution in [-0.2, 0) is 10.0 Å². The largest absolute Gasteiger partial charge is 0.496 e. The van der Waals surface area contributed by atoms with Crippen LogP contribution in [-0.4, -0.2) is 40.8 Å². The number of nitrogens with zero attached hydrogens (tertiary/aromatic N) is 1. The first-order valence-electron chi connectivity index (χ1n) is 7.47. The zero-order chi connectivity index (χ0) is 18.4. The van der Waals surface area contributed by atoms with Gasteiger partial charge in [-0.1, -0.05) is 12.1 Å². The summed E-state index contributed by atoms with van der Waals surface area (Å²) >= 11 is 0. The Morgan fingerprint density at radius 3 is 2.40 bits per heavy atom. The lowest BCUT2D eigenvalue weighted by atomic mass is 10.2. The molecule has 0 aliphatic rings. The van der Waals surface area contributed by atoms with Crippen molar-refractivity contribution in [1.29, 1.82) is 0 Å². The number of nitrogens with one attached hydrogen (secondary N) is 1. The number of methoxy groups -OCH3 is 1. The van der Waals surface area contributed by atoms with E-state index in [1.165, 1.54) is 31.4 Å². The standard InChI is InChI=1S/C17H19FN2O4S/c1-24-16-6-4-3-5-15(16)17(21)19-11-12-20(25(2,22)23)14-9-7-13(18)8-10-14/h3-10H,11-12H2,1-2H3,(H,19,21). The molecule has 0 bridgehead atoms. The van der Waals surface area contributed by atoms with E-state index in [0.717, 1.165) is 10.6 Å². The molecule has 0 unspecified atom stereocenters. The predicted octanol–water partition coefficient (Wildman–Crippen LogP) is 2.03. The molecular weight excluding hydrogens is 347 g/mol. The molecular formula is C17H19FN2O4S. The molecule has 0 radical (unpaired) electrons. The van der Waals surface area contributed by atoms with Crippen molar-refractivity contribution >= 4 is 21.6 Å². The average molecular weight is 366 g/mol. The van der Waals surface area contributed by atoms with E-state index in [1.54, 1.807) is 24.3 Å². The van der Waals surface area contributed by atoms with Crippen molar-refractivity contribution in [2.75, 3.05) is 30.8 Å². The number of hydrogen-bond acceptors (Lipinski definition) is 4. The fourth-order valence-electron chi connectivity index (χ4n) is 2.29. The average Bonchev–Trinajstić information content (AvgIpc) is 2.58. The van der Waals surface area contributed by atoms with Gasteiger partial charge in [0.2, 0.25) is 10.0 Å². The Morgan fingerprint density at radius 2 is 1.80 bits per heavy atom. The number of hydrogen-bond donors (Lipinski definition) is 1. The van der Waals surface area contributed by atoms with E-state index in [0.29, 0.717) is 17.0 Å². The summed E-state index contributed by atoms with van der Waals surface area (Å²) in [6.07, 6.45) is 1.05. The number of anilines is 1. The molecule has 0 heterocycles. The van der Waals surface area contributed by atoms with Crippen LogP contribution in [0.3, 0.4) is 0 Å². The van der Waals surface area contributed by atoms with Crippen LogP contribution in [0.15, 0.2) is 48.5 Å². The van der Waals surface area contributed by atoms with Crippen molar-refractivity contribution in [2.45, 2.75) is 0 Å². The summed E-state index contributed by atoms with van der Waals surface area (Å²) < 4.78 is 43.2. The lowest BCUT2D eigenvalue weighted by Crippen LogP contribution is -2.38. The van der Waals surface area contributed by atoms with Gasteiger partial charge in [-0.2, -0.15) is 0 Å². The number of ether oxygens (including phenoxy) is 1. The fourth-order valence-corrected chi connectivity index (χ4v) is 3.22. The molecule has 2 aromatic carbocycles. The zero-order valence-electron chi connectivity index (χ0n) is 13.9. The Kier molecular flexibility index (Phi) is 5.97. The number of benzene rings is 2. The minimum absolute atomic E-state index is 0.0192. The van der Waals surface area contributed by atoms with Crippen LogP contribution < -0.4 is 14.4 Å². The maximum Gasteiger partial charge on any atom is 0.255 e. The third-order valence-electron chi connectivity index (χ3n) is 3.47. The molecule has 134 valence electrons. The van der Waals surface area contributed by atoms with Gasteiger partial charge in [-0.25, -0.2) is 12.8 Å². The smallest absolute Gasteiger partial charge is 0.255 e. The molecule has 0 aliphatic carbocycles. The van der Waals surface area contributed by atoms with Gasteiger partial charge in [-0.05, 0) is 36.4 Å². The monoisotopic (exact) mass is 366 g/mol. The molecule has 0 saturated carbocycles. The van der Waals surface area contributed by atoms with E-state index in [-0.39, 0.29) is 19.0 Å². The number of carbonyl (C=O) groups is 1. The van der Waals surface area contributed by atoms with Gasteiger partial charge < -0.3 is 10.1 Å². The van der Waals surface area contributed by atoms with Crippen LogP contribution in [0.5, 0.6) is 5.75 Å². The van der Waals surface area contributed by atoms with Gasteiger partial charge in [0.15, 0.2) is 0 Å². The summed E-state index contributed by atoms with van der Waals surface area (Å²) in [5.74, 6) is -0.398. The van der Waals surface area contributed by atoms with E-state index in [9.17, 15) is 17.6 Å². The lowest BCUT2D eigenvalue weighted by molar-refractivity contribution is 0.0952. The molecule has 2 aromatic rings. The highest BCUT2D eigenvalue weighted by Gasteiger charge is 2.18. The van der Waals surface area contributed by atoms with Gasteiger partial charge in [0.25, 0.3) is 5.91 Å².